The molecule has 0 spiro atoms. The van der Waals surface area contributed by atoms with E-state index in [-0.39, 0.29) is 18.1 Å². The number of nitrogens with one attached hydrogen (secondary N) is 2. The number of likely N-dealkylation sites (tertiary alicyclic amines) is 1. The first-order valence-electron chi connectivity index (χ1n) is 11.3. The molecule has 2 saturated heterocycles. The summed E-state index contributed by atoms with van der Waals surface area (Å²) < 4.78 is 46.8. The number of rotatable bonds is 6. The van der Waals surface area contributed by atoms with Gasteiger partial charge in [0.25, 0.3) is 0 Å². The zero-order chi connectivity index (χ0) is 24.1. The van der Waals surface area contributed by atoms with E-state index >= 15 is 0 Å². The molecule has 10 heteroatoms. The molecule has 4 rings (SSSR count). The largest absolute Gasteiger partial charge is 0.418 e. The molecule has 2 heterocycles. The lowest BCUT2D eigenvalue weighted by Crippen LogP contribution is -2.40. The van der Waals surface area contributed by atoms with Gasteiger partial charge in [-0.15, -0.1) is 0 Å². The monoisotopic (exact) mass is 476 g/mol. The van der Waals surface area contributed by atoms with E-state index in [9.17, 15) is 22.8 Å². The van der Waals surface area contributed by atoms with Crippen LogP contribution in [-0.4, -0.2) is 56.2 Å². The van der Waals surface area contributed by atoms with Gasteiger partial charge in [0.15, 0.2) is 0 Å². The second kappa shape index (κ2) is 10.3. The van der Waals surface area contributed by atoms with E-state index in [2.05, 4.69) is 10.6 Å². The standard InChI is InChI=1S/C24H27F3N4O3/c25-24(26,27)19-15-18(30-11-13-34-14-12-30)8-9-20(19)28-23(33)29-21(17-5-2-1-3-6-17)16-31-10-4-7-22(31)32/h1-3,5-6,8-9,15,21H,4,7,10-14,16H2,(H2,28,29,33). The zero-order valence-electron chi connectivity index (χ0n) is 18.6. The van der Waals surface area contributed by atoms with Crippen LogP contribution in [0.4, 0.5) is 29.3 Å². The minimum atomic E-state index is -4.65. The number of alkyl halides is 3. The van der Waals surface area contributed by atoms with Gasteiger partial charge in [-0.05, 0) is 30.2 Å². The second-order valence-corrected chi connectivity index (χ2v) is 8.33. The minimum absolute atomic E-state index is 0.00111. The number of carbonyl (C=O) groups is 2. The van der Waals surface area contributed by atoms with Gasteiger partial charge in [-0.2, -0.15) is 13.2 Å². The van der Waals surface area contributed by atoms with E-state index in [0.717, 1.165) is 18.1 Å². The van der Waals surface area contributed by atoms with Crippen LogP contribution in [0.25, 0.3) is 0 Å². The summed E-state index contributed by atoms with van der Waals surface area (Å²) in [5, 5.41) is 5.11. The Morgan fingerprint density at radius 2 is 1.79 bits per heavy atom. The summed E-state index contributed by atoms with van der Waals surface area (Å²) in [6, 6.07) is 11.6. The highest BCUT2D eigenvalue weighted by atomic mass is 19.4. The van der Waals surface area contributed by atoms with E-state index in [4.69, 9.17) is 4.74 Å². The molecule has 3 amide bonds. The molecular formula is C24H27F3N4O3. The van der Waals surface area contributed by atoms with Gasteiger partial charge in [0.1, 0.15) is 0 Å². The quantitative estimate of drug-likeness (QED) is 0.661. The molecule has 2 N–H and O–H groups in total. The van der Waals surface area contributed by atoms with Gasteiger partial charge in [0.2, 0.25) is 5.91 Å². The average molecular weight is 476 g/mol. The van der Waals surface area contributed by atoms with Crippen LogP contribution in [0.5, 0.6) is 0 Å². The molecule has 34 heavy (non-hydrogen) atoms. The summed E-state index contributed by atoms with van der Waals surface area (Å²) in [6.45, 7) is 2.73. The van der Waals surface area contributed by atoms with Crippen molar-refractivity contribution in [3.05, 3.63) is 59.7 Å². The predicted octanol–water partition coefficient (Wildman–Crippen LogP) is 4.03. The van der Waals surface area contributed by atoms with E-state index in [1.165, 1.54) is 6.07 Å². The van der Waals surface area contributed by atoms with Crippen molar-refractivity contribution in [3.8, 4) is 0 Å². The molecular weight excluding hydrogens is 449 g/mol. The highest BCUT2D eigenvalue weighted by Gasteiger charge is 2.35. The third kappa shape index (κ3) is 5.80. The summed E-state index contributed by atoms with van der Waals surface area (Å²) in [7, 11) is 0. The number of morpholine rings is 1. The number of anilines is 2. The topological polar surface area (TPSA) is 73.9 Å². The fourth-order valence-electron chi connectivity index (χ4n) is 4.25. The van der Waals surface area contributed by atoms with Gasteiger partial charge in [0, 0.05) is 38.3 Å². The lowest BCUT2D eigenvalue weighted by atomic mass is 10.1. The lowest BCUT2D eigenvalue weighted by Gasteiger charge is -2.30. The van der Waals surface area contributed by atoms with Gasteiger partial charge in [-0.3, -0.25) is 4.79 Å². The third-order valence-electron chi connectivity index (χ3n) is 6.01. The number of urea groups is 1. The van der Waals surface area contributed by atoms with Gasteiger partial charge in [-0.1, -0.05) is 30.3 Å². The maximum atomic E-state index is 13.8. The van der Waals surface area contributed by atoms with E-state index in [1.807, 2.05) is 23.1 Å². The fourth-order valence-corrected chi connectivity index (χ4v) is 4.25. The van der Waals surface area contributed by atoms with Gasteiger partial charge in [0.05, 0.1) is 30.5 Å². The Hall–Kier alpha value is -3.27. The molecule has 7 nitrogen and oxygen atoms in total. The molecule has 2 aromatic rings. The number of halogens is 3. The molecule has 0 radical (unpaired) electrons. The van der Waals surface area contributed by atoms with Crippen molar-refractivity contribution in [3.63, 3.8) is 0 Å². The molecule has 1 unspecified atom stereocenters. The van der Waals surface area contributed by atoms with Crippen molar-refractivity contribution in [1.82, 2.24) is 10.2 Å². The van der Waals surface area contributed by atoms with Crippen LogP contribution < -0.4 is 15.5 Å². The first kappa shape index (κ1) is 23.9. The van der Waals surface area contributed by atoms with Crippen molar-refractivity contribution >= 4 is 23.3 Å². The SMILES string of the molecule is O=C(Nc1ccc(N2CCOCC2)cc1C(F)(F)F)NC(CN1CCCC1=O)c1ccccc1. The molecule has 2 fully saturated rings. The predicted molar refractivity (Wildman–Crippen MR) is 122 cm³/mol. The number of hydrogen-bond donors (Lipinski definition) is 2. The van der Waals surface area contributed by atoms with Crippen LogP contribution >= 0.6 is 0 Å². The number of hydrogen-bond acceptors (Lipinski definition) is 4. The summed E-state index contributed by atoms with van der Waals surface area (Å²) in [5.74, 6) is 0.00111. The van der Waals surface area contributed by atoms with Crippen LogP contribution in [0.1, 0.15) is 30.0 Å². The number of amides is 3. The van der Waals surface area contributed by atoms with Crippen molar-refractivity contribution in [1.29, 1.82) is 0 Å². The Balaban J connectivity index is 1.52. The number of ether oxygens (including phenoxy) is 1. The summed E-state index contributed by atoms with van der Waals surface area (Å²) >= 11 is 0. The molecule has 1 atom stereocenters. The summed E-state index contributed by atoms with van der Waals surface area (Å²) in [6.07, 6.45) is -3.44. The van der Waals surface area contributed by atoms with Crippen molar-refractivity contribution < 1.29 is 27.5 Å². The van der Waals surface area contributed by atoms with Crippen LogP contribution in [0, 0.1) is 0 Å². The average Bonchev–Trinajstić information content (AvgIpc) is 3.23. The Morgan fingerprint density at radius 1 is 1.06 bits per heavy atom. The lowest BCUT2D eigenvalue weighted by molar-refractivity contribution is -0.137. The molecule has 0 aromatic heterocycles. The molecule has 2 aromatic carbocycles. The number of carbonyl (C=O) groups excluding carboxylic acids is 2. The van der Waals surface area contributed by atoms with E-state index in [0.29, 0.717) is 45.0 Å². The Labute approximate surface area is 195 Å². The van der Waals surface area contributed by atoms with Crippen LogP contribution in [0.15, 0.2) is 48.5 Å². The summed E-state index contributed by atoms with van der Waals surface area (Å²) in [4.78, 5) is 28.4. The molecule has 2 aliphatic heterocycles. The minimum Gasteiger partial charge on any atom is -0.378 e. The summed E-state index contributed by atoms with van der Waals surface area (Å²) in [5.41, 5.74) is -0.0592. The van der Waals surface area contributed by atoms with Crippen LogP contribution in [0.3, 0.4) is 0 Å². The first-order chi connectivity index (χ1) is 16.3. The zero-order valence-corrected chi connectivity index (χ0v) is 18.6. The third-order valence-corrected chi connectivity index (χ3v) is 6.01. The molecule has 182 valence electrons. The van der Waals surface area contributed by atoms with E-state index in [1.54, 1.807) is 23.1 Å². The number of benzene rings is 2. The van der Waals surface area contributed by atoms with Crippen molar-refractivity contribution in [2.24, 2.45) is 0 Å². The number of nitrogens with zero attached hydrogens (tertiary/aromatic N) is 2. The normalized spacial score (nSPS) is 17.6. The molecule has 0 bridgehead atoms. The first-order valence-corrected chi connectivity index (χ1v) is 11.3. The smallest absolute Gasteiger partial charge is 0.378 e. The molecule has 0 aliphatic carbocycles. The Morgan fingerprint density at radius 3 is 2.44 bits per heavy atom. The fraction of sp³-hybridized carbons (Fsp3) is 0.417. The highest BCUT2D eigenvalue weighted by Crippen LogP contribution is 2.37. The maximum Gasteiger partial charge on any atom is 0.418 e. The van der Waals surface area contributed by atoms with Crippen LogP contribution in [-0.2, 0) is 15.7 Å². The molecule has 0 saturated carbocycles. The highest BCUT2D eigenvalue weighted by molar-refractivity contribution is 5.91. The van der Waals surface area contributed by atoms with Gasteiger partial charge < -0.3 is 25.2 Å². The van der Waals surface area contributed by atoms with Gasteiger partial charge >= 0.3 is 12.2 Å². The van der Waals surface area contributed by atoms with E-state index < -0.39 is 23.8 Å². The van der Waals surface area contributed by atoms with Crippen molar-refractivity contribution in [2.75, 3.05) is 49.6 Å². The second-order valence-electron chi connectivity index (χ2n) is 8.33. The Bertz CT molecular complexity index is 1010. The Kier molecular flexibility index (Phi) is 7.26. The molecule has 2 aliphatic rings. The van der Waals surface area contributed by atoms with Crippen LogP contribution in [0.2, 0.25) is 0 Å². The van der Waals surface area contributed by atoms with Gasteiger partial charge in [-0.25, -0.2) is 4.79 Å². The van der Waals surface area contributed by atoms with Crippen molar-refractivity contribution in [2.45, 2.75) is 25.1 Å². The maximum absolute atomic E-state index is 13.8.